The fourth-order valence-corrected chi connectivity index (χ4v) is 2.69. The first-order chi connectivity index (χ1) is 13.5. The normalized spacial score (nSPS) is 10.3. The molecular weight excluding hydrogens is 479 g/mol. The third kappa shape index (κ3) is 8.03. The Morgan fingerprint density at radius 1 is 1.21 bits per heavy atom. The molecule has 0 aromatic heterocycles. The van der Waals surface area contributed by atoms with Crippen LogP contribution >= 0.6 is 24.0 Å². The summed E-state index contributed by atoms with van der Waals surface area (Å²) in [4.78, 5) is 16.3. The molecule has 2 rings (SSSR count). The maximum atomic E-state index is 12.1. The second-order valence-electron chi connectivity index (χ2n) is 6.19. The van der Waals surface area contributed by atoms with Crippen molar-refractivity contribution in [3.05, 3.63) is 59.2 Å². The van der Waals surface area contributed by atoms with Crippen molar-refractivity contribution < 1.29 is 9.53 Å². The summed E-state index contributed by atoms with van der Waals surface area (Å²) in [6.07, 6.45) is 6.15. The predicted octanol–water partition coefficient (Wildman–Crippen LogP) is 2.95. The molecule has 0 unspecified atom stereocenters. The summed E-state index contributed by atoms with van der Waals surface area (Å²) >= 11 is 0. The number of guanidine groups is 1. The van der Waals surface area contributed by atoms with Crippen LogP contribution in [0.5, 0.6) is 5.75 Å². The topological polar surface area (TPSA) is 74.8 Å². The maximum absolute atomic E-state index is 12.1. The number of amides is 1. The van der Waals surface area contributed by atoms with E-state index in [1.54, 1.807) is 32.4 Å². The van der Waals surface area contributed by atoms with Gasteiger partial charge in [-0.1, -0.05) is 29.7 Å². The average Bonchev–Trinajstić information content (AvgIpc) is 2.70. The summed E-state index contributed by atoms with van der Waals surface area (Å²) in [5.74, 6) is 3.78. The molecule has 1 amide bonds. The standard InChI is InChI=1S/C22H26N4O2.HI/c1-5-17-7-6-8-19(14-17)26-21(27)15-25-22(23-3)24-12-11-18-13-16(2)9-10-20(18)28-4;/h1,6-10,13-14H,11-12,15H2,2-4H3,(H,26,27)(H2,23,24,25);1H. The number of hydrogen-bond donors (Lipinski definition) is 3. The molecule has 0 spiro atoms. The molecule has 0 fully saturated rings. The van der Waals surface area contributed by atoms with Gasteiger partial charge in [0.25, 0.3) is 0 Å². The summed E-state index contributed by atoms with van der Waals surface area (Å²) in [6.45, 7) is 2.80. The molecule has 0 bridgehead atoms. The Balaban J connectivity index is 0.00000420. The number of anilines is 1. The number of rotatable bonds is 7. The molecule has 0 saturated carbocycles. The number of hydrogen-bond acceptors (Lipinski definition) is 3. The summed E-state index contributed by atoms with van der Waals surface area (Å²) in [5.41, 5.74) is 3.69. The first-order valence-electron chi connectivity index (χ1n) is 9.00. The van der Waals surface area contributed by atoms with E-state index in [9.17, 15) is 4.79 Å². The van der Waals surface area contributed by atoms with Crippen LogP contribution in [0.25, 0.3) is 0 Å². The third-order valence-electron chi connectivity index (χ3n) is 4.08. The van der Waals surface area contributed by atoms with Gasteiger partial charge >= 0.3 is 0 Å². The van der Waals surface area contributed by atoms with E-state index in [0.717, 1.165) is 23.3 Å². The minimum atomic E-state index is -0.183. The number of aliphatic imine (C=N–C) groups is 1. The van der Waals surface area contributed by atoms with Gasteiger partial charge in [0.2, 0.25) is 5.91 Å². The molecule has 154 valence electrons. The number of ether oxygens (including phenoxy) is 1. The highest BCUT2D eigenvalue weighted by Gasteiger charge is 2.06. The van der Waals surface area contributed by atoms with E-state index in [0.29, 0.717) is 18.2 Å². The number of methoxy groups -OCH3 is 1. The third-order valence-corrected chi connectivity index (χ3v) is 4.08. The lowest BCUT2D eigenvalue weighted by molar-refractivity contribution is -0.115. The summed E-state index contributed by atoms with van der Waals surface area (Å²) in [6, 6.07) is 13.3. The molecule has 0 aliphatic heterocycles. The fourth-order valence-electron chi connectivity index (χ4n) is 2.69. The number of aryl methyl sites for hydroxylation is 1. The van der Waals surface area contributed by atoms with Crippen molar-refractivity contribution >= 4 is 41.5 Å². The van der Waals surface area contributed by atoms with Gasteiger partial charge in [0.1, 0.15) is 5.75 Å². The zero-order valence-electron chi connectivity index (χ0n) is 16.9. The SMILES string of the molecule is C#Cc1cccc(NC(=O)CNC(=NC)NCCc2cc(C)ccc2OC)c1.I. The van der Waals surface area contributed by atoms with Crippen LogP contribution in [0.15, 0.2) is 47.5 Å². The Morgan fingerprint density at radius 3 is 2.69 bits per heavy atom. The molecule has 7 heteroatoms. The Hall–Kier alpha value is -2.73. The van der Waals surface area contributed by atoms with Gasteiger partial charge in [-0.2, -0.15) is 0 Å². The summed E-state index contributed by atoms with van der Waals surface area (Å²) in [7, 11) is 3.33. The highest BCUT2D eigenvalue weighted by atomic mass is 127. The Kier molecular flexibility index (Phi) is 10.6. The minimum Gasteiger partial charge on any atom is -0.496 e. The monoisotopic (exact) mass is 506 g/mol. The summed E-state index contributed by atoms with van der Waals surface area (Å²) in [5, 5.41) is 9.01. The van der Waals surface area contributed by atoms with Crippen molar-refractivity contribution in [2.75, 3.05) is 32.6 Å². The largest absolute Gasteiger partial charge is 0.496 e. The van der Waals surface area contributed by atoms with Crippen molar-refractivity contribution in [1.82, 2.24) is 10.6 Å². The van der Waals surface area contributed by atoms with Crippen molar-refractivity contribution in [3.8, 4) is 18.1 Å². The van der Waals surface area contributed by atoms with Crippen LogP contribution < -0.4 is 20.7 Å². The van der Waals surface area contributed by atoms with Crippen LogP contribution in [0.3, 0.4) is 0 Å². The van der Waals surface area contributed by atoms with Crippen LogP contribution in [0.2, 0.25) is 0 Å². The van der Waals surface area contributed by atoms with Gasteiger partial charge in [-0.3, -0.25) is 9.79 Å². The van der Waals surface area contributed by atoms with E-state index >= 15 is 0 Å². The van der Waals surface area contributed by atoms with Gasteiger partial charge in [-0.15, -0.1) is 30.4 Å². The number of benzene rings is 2. The van der Waals surface area contributed by atoms with E-state index in [-0.39, 0.29) is 36.4 Å². The van der Waals surface area contributed by atoms with Crippen LogP contribution in [-0.2, 0) is 11.2 Å². The number of carbonyl (C=O) groups is 1. The molecule has 2 aromatic carbocycles. The van der Waals surface area contributed by atoms with Crippen molar-refractivity contribution in [2.45, 2.75) is 13.3 Å². The first kappa shape index (κ1) is 24.3. The predicted molar refractivity (Wildman–Crippen MR) is 129 cm³/mol. The van der Waals surface area contributed by atoms with Gasteiger partial charge in [0.15, 0.2) is 5.96 Å². The smallest absolute Gasteiger partial charge is 0.243 e. The maximum Gasteiger partial charge on any atom is 0.243 e. The first-order valence-corrected chi connectivity index (χ1v) is 9.00. The molecule has 29 heavy (non-hydrogen) atoms. The van der Waals surface area contributed by atoms with Gasteiger partial charge in [-0.05, 0) is 43.2 Å². The summed E-state index contributed by atoms with van der Waals surface area (Å²) < 4.78 is 5.40. The molecule has 0 saturated heterocycles. The van der Waals surface area contributed by atoms with E-state index in [1.165, 1.54) is 5.56 Å². The molecule has 0 radical (unpaired) electrons. The Morgan fingerprint density at radius 2 is 2.00 bits per heavy atom. The van der Waals surface area contributed by atoms with Crippen LogP contribution in [-0.4, -0.2) is 39.1 Å². The van der Waals surface area contributed by atoms with Crippen molar-refractivity contribution in [1.29, 1.82) is 0 Å². The number of halogens is 1. The van der Waals surface area contributed by atoms with Gasteiger partial charge < -0.3 is 20.7 Å². The quantitative estimate of drug-likeness (QED) is 0.234. The van der Waals surface area contributed by atoms with Crippen LogP contribution in [0, 0.1) is 19.3 Å². The fraction of sp³-hybridized carbons (Fsp3) is 0.273. The lowest BCUT2D eigenvalue weighted by Gasteiger charge is -2.13. The molecule has 3 N–H and O–H groups in total. The zero-order valence-corrected chi connectivity index (χ0v) is 19.2. The zero-order chi connectivity index (χ0) is 20.4. The Labute approximate surface area is 189 Å². The van der Waals surface area contributed by atoms with E-state index in [4.69, 9.17) is 11.2 Å². The second kappa shape index (κ2) is 12.7. The number of carbonyl (C=O) groups excluding carboxylic acids is 1. The highest BCUT2D eigenvalue weighted by molar-refractivity contribution is 14.0. The van der Waals surface area contributed by atoms with Gasteiger partial charge in [-0.25, -0.2) is 0 Å². The average molecular weight is 506 g/mol. The second-order valence-corrected chi connectivity index (χ2v) is 6.19. The van der Waals surface area contributed by atoms with E-state index in [2.05, 4.69) is 39.9 Å². The number of terminal acetylenes is 1. The van der Waals surface area contributed by atoms with Crippen molar-refractivity contribution in [3.63, 3.8) is 0 Å². The Bertz CT molecular complexity index is 891. The molecule has 2 aromatic rings. The number of nitrogens with one attached hydrogen (secondary N) is 3. The molecule has 0 aliphatic rings. The molecular formula is C22H27IN4O2. The molecule has 0 heterocycles. The van der Waals surface area contributed by atoms with E-state index < -0.39 is 0 Å². The highest BCUT2D eigenvalue weighted by Crippen LogP contribution is 2.19. The lowest BCUT2D eigenvalue weighted by atomic mass is 10.1. The van der Waals surface area contributed by atoms with Crippen LogP contribution in [0.1, 0.15) is 16.7 Å². The number of nitrogens with zero attached hydrogens (tertiary/aromatic N) is 1. The molecule has 0 aliphatic carbocycles. The van der Waals surface area contributed by atoms with Gasteiger partial charge in [0, 0.05) is 24.8 Å². The molecule has 0 atom stereocenters. The minimum absolute atomic E-state index is 0. The molecule has 6 nitrogen and oxygen atoms in total. The van der Waals surface area contributed by atoms with Crippen molar-refractivity contribution in [2.24, 2.45) is 4.99 Å². The van der Waals surface area contributed by atoms with Crippen LogP contribution in [0.4, 0.5) is 5.69 Å². The van der Waals surface area contributed by atoms with Gasteiger partial charge in [0.05, 0.1) is 13.7 Å². The van der Waals surface area contributed by atoms with E-state index in [1.807, 2.05) is 18.2 Å². The lowest BCUT2D eigenvalue weighted by Crippen LogP contribution is -2.42.